The predicted molar refractivity (Wildman–Crippen MR) is 111 cm³/mol. The lowest BCUT2D eigenvalue weighted by molar-refractivity contribution is -0.0952. The van der Waals surface area contributed by atoms with E-state index < -0.39 is 0 Å². The van der Waals surface area contributed by atoms with Crippen molar-refractivity contribution in [1.29, 1.82) is 5.26 Å². The molecule has 1 aliphatic rings. The van der Waals surface area contributed by atoms with E-state index in [0.717, 1.165) is 43.2 Å². The van der Waals surface area contributed by atoms with Gasteiger partial charge in [0, 0.05) is 38.1 Å². The number of benzene rings is 1. The highest BCUT2D eigenvalue weighted by atomic mass is 16.5. The molecule has 6 heteroatoms. The van der Waals surface area contributed by atoms with Crippen LogP contribution in [0, 0.1) is 11.3 Å². The predicted octanol–water partition coefficient (Wildman–Crippen LogP) is 3.36. The number of nitrogens with one attached hydrogen (secondary N) is 1. The topological polar surface area (TPSA) is 66.8 Å². The van der Waals surface area contributed by atoms with Crippen LogP contribution in [-0.4, -0.2) is 56.0 Å². The van der Waals surface area contributed by atoms with Gasteiger partial charge in [0.2, 0.25) is 0 Å². The first kappa shape index (κ1) is 22.5. The van der Waals surface area contributed by atoms with Crippen molar-refractivity contribution in [2.75, 3.05) is 33.4 Å². The Morgan fingerprint density at radius 3 is 2.61 bits per heavy atom. The maximum Gasteiger partial charge on any atom is 0.161 e. The zero-order valence-electron chi connectivity index (χ0n) is 18.0. The summed E-state index contributed by atoms with van der Waals surface area (Å²) >= 11 is 0. The van der Waals surface area contributed by atoms with Crippen molar-refractivity contribution in [2.45, 2.75) is 64.8 Å². The fourth-order valence-electron chi connectivity index (χ4n) is 3.57. The Labute approximate surface area is 169 Å². The molecule has 0 bridgehead atoms. The number of rotatable bonds is 10. The van der Waals surface area contributed by atoms with Crippen LogP contribution >= 0.6 is 0 Å². The molecule has 2 unspecified atom stereocenters. The SMILES string of the molecule is COc1ccc(CNCC(C)(C)N2CC(C)OC(C)C2)cc1OCCCC#N. The van der Waals surface area contributed by atoms with Gasteiger partial charge in [-0.1, -0.05) is 6.07 Å². The van der Waals surface area contributed by atoms with Crippen molar-refractivity contribution in [2.24, 2.45) is 0 Å². The second-order valence-electron chi connectivity index (χ2n) is 8.17. The molecule has 156 valence electrons. The summed E-state index contributed by atoms with van der Waals surface area (Å²) in [6.45, 7) is 12.9. The van der Waals surface area contributed by atoms with Gasteiger partial charge in [0.1, 0.15) is 0 Å². The third-order valence-corrected chi connectivity index (χ3v) is 5.08. The van der Waals surface area contributed by atoms with Crippen molar-refractivity contribution in [1.82, 2.24) is 10.2 Å². The number of nitrogens with zero attached hydrogens (tertiary/aromatic N) is 2. The summed E-state index contributed by atoms with van der Waals surface area (Å²) in [5.41, 5.74) is 1.20. The van der Waals surface area contributed by atoms with E-state index in [4.69, 9.17) is 19.5 Å². The Balaban J connectivity index is 1.90. The molecule has 0 spiro atoms. The number of ether oxygens (including phenoxy) is 3. The van der Waals surface area contributed by atoms with Gasteiger partial charge in [0.05, 0.1) is 32.0 Å². The standard InChI is InChI=1S/C22H35N3O3/c1-17-14-25(15-18(2)28-17)22(3,4)16-24-13-19-8-9-20(26-5)21(12-19)27-11-7-6-10-23/h8-9,12,17-18,24H,6-7,11,13-16H2,1-5H3. The van der Waals surface area contributed by atoms with Crippen LogP contribution < -0.4 is 14.8 Å². The molecule has 28 heavy (non-hydrogen) atoms. The van der Waals surface area contributed by atoms with Crippen LogP contribution in [0.3, 0.4) is 0 Å². The van der Waals surface area contributed by atoms with E-state index >= 15 is 0 Å². The Morgan fingerprint density at radius 1 is 1.25 bits per heavy atom. The number of hydrogen-bond acceptors (Lipinski definition) is 6. The Bertz CT molecular complexity index is 647. The number of hydrogen-bond donors (Lipinski definition) is 1. The number of nitriles is 1. The van der Waals surface area contributed by atoms with E-state index in [1.165, 1.54) is 0 Å². The molecule has 0 aromatic heterocycles. The summed E-state index contributed by atoms with van der Waals surface area (Å²) in [7, 11) is 1.64. The summed E-state index contributed by atoms with van der Waals surface area (Å²) in [4.78, 5) is 2.51. The molecular formula is C22H35N3O3. The second kappa shape index (κ2) is 10.7. The molecule has 1 N–H and O–H groups in total. The monoisotopic (exact) mass is 389 g/mol. The van der Waals surface area contributed by atoms with Crippen LogP contribution in [0.25, 0.3) is 0 Å². The third kappa shape index (κ3) is 6.66. The van der Waals surface area contributed by atoms with Crippen molar-refractivity contribution >= 4 is 0 Å². The van der Waals surface area contributed by atoms with Crippen molar-refractivity contribution in [3.8, 4) is 17.6 Å². The van der Waals surface area contributed by atoms with Crippen LogP contribution in [0.4, 0.5) is 0 Å². The van der Waals surface area contributed by atoms with Crippen molar-refractivity contribution in [3.63, 3.8) is 0 Å². The average Bonchev–Trinajstić information content (AvgIpc) is 2.64. The Morgan fingerprint density at radius 2 is 1.96 bits per heavy atom. The van der Waals surface area contributed by atoms with E-state index in [-0.39, 0.29) is 17.7 Å². The highest BCUT2D eigenvalue weighted by Gasteiger charge is 2.32. The lowest BCUT2D eigenvalue weighted by atomic mass is 10.00. The molecule has 2 rings (SSSR count). The maximum absolute atomic E-state index is 8.65. The van der Waals surface area contributed by atoms with Gasteiger partial charge in [-0.25, -0.2) is 0 Å². The van der Waals surface area contributed by atoms with Gasteiger partial charge in [0.25, 0.3) is 0 Å². The molecule has 1 heterocycles. The van der Waals surface area contributed by atoms with E-state index in [1.54, 1.807) is 7.11 Å². The quantitative estimate of drug-likeness (QED) is 0.619. The molecule has 0 amide bonds. The zero-order chi connectivity index (χ0) is 20.6. The van der Waals surface area contributed by atoms with Crippen LogP contribution in [0.5, 0.6) is 11.5 Å². The lowest BCUT2D eigenvalue weighted by Crippen LogP contribution is -2.58. The number of morpholine rings is 1. The van der Waals surface area contributed by atoms with Crippen LogP contribution in [0.1, 0.15) is 46.1 Å². The minimum absolute atomic E-state index is 0.0510. The molecule has 0 radical (unpaired) electrons. The first-order chi connectivity index (χ1) is 13.4. The summed E-state index contributed by atoms with van der Waals surface area (Å²) in [6.07, 6.45) is 1.75. The Hall–Kier alpha value is -1.81. The van der Waals surface area contributed by atoms with Gasteiger partial charge in [-0.15, -0.1) is 0 Å². The van der Waals surface area contributed by atoms with Gasteiger partial charge < -0.3 is 19.5 Å². The normalized spacial score (nSPS) is 20.6. The molecule has 6 nitrogen and oxygen atoms in total. The fraction of sp³-hybridized carbons (Fsp3) is 0.682. The summed E-state index contributed by atoms with van der Waals surface area (Å²) in [5, 5.41) is 12.2. The molecule has 1 fully saturated rings. The maximum atomic E-state index is 8.65. The van der Waals surface area contributed by atoms with Gasteiger partial charge >= 0.3 is 0 Å². The highest BCUT2D eigenvalue weighted by molar-refractivity contribution is 5.43. The molecule has 1 aliphatic heterocycles. The van der Waals surface area contributed by atoms with Crippen molar-refractivity contribution < 1.29 is 14.2 Å². The van der Waals surface area contributed by atoms with Gasteiger partial charge in [-0.05, 0) is 51.8 Å². The van der Waals surface area contributed by atoms with Gasteiger partial charge in [0.15, 0.2) is 11.5 Å². The largest absolute Gasteiger partial charge is 0.493 e. The summed E-state index contributed by atoms with van der Waals surface area (Å²) < 4.78 is 17.1. The van der Waals surface area contributed by atoms with Crippen molar-refractivity contribution in [3.05, 3.63) is 23.8 Å². The summed E-state index contributed by atoms with van der Waals surface area (Å²) in [5.74, 6) is 1.45. The first-order valence-electron chi connectivity index (χ1n) is 10.1. The minimum atomic E-state index is 0.0510. The minimum Gasteiger partial charge on any atom is -0.493 e. The molecular weight excluding hydrogens is 354 g/mol. The highest BCUT2D eigenvalue weighted by Crippen LogP contribution is 2.28. The average molecular weight is 390 g/mol. The molecule has 1 saturated heterocycles. The third-order valence-electron chi connectivity index (χ3n) is 5.08. The van der Waals surface area contributed by atoms with E-state index in [0.29, 0.717) is 19.4 Å². The molecule has 2 atom stereocenters. The van der Waals surface area contributed by atoms with Crippen LogP contribution in [-0.2, 0) is 11.3 Å². The first-order valence-corrected chi connectivity index (χ1v) is 10.1. The molecule has 1 aromatic rings. The molecule has 0 saturated carbocycles. The molecule has 1 aromatic carbocycles. The van der Waals surface area contributed by atoms with E-state index in [2.05, 4.69) is 50.0 Å². The molecule has 0 aliphatic carbocycles. The smallest absolute Gasteiger partial charge is 0.161 e. The van der Waals surface area contributed by atoms with Gasteiger partial charge in [-0.3, -0.25) is 4.90 Å². The zero-order valence-corrected chi connectivity index (χ0v) is 18.0. The van der Waals surface area contributed by atoms with Crippen LogP contribution in [0.15, 0.2) is 18.2 Å². The fourth-order valence-corrected chi connectivity index (χ4v) is 3.57. The van der Waals surface area contributed by atoms with Gasteiger partial charge in [-0.2, -0.15) is 5.26 Å². The van der Waals surface area contributed by atoms with E-state index in [9.17, 15) is 0 Å². The van der Waals surface area contributed by atoms with Crippen LogP contribution in [0.2, 0.25) is 0 Å². The van der Waals surface area contributed by atoms with E-state index in [1.807, 2.05) is 12.1 Å². The number of unbranched alkanes of at least 4 members (excludes halogenated alkanes) is 1. The number of methoxy groups -OCH3 is 1. The summed E-state index contributed by atoms with van der Waals surface area (Å²) in [6, 6.07) is 8.15. The Kier molecular flexibility index (Phi) is 8.56. The second-order valence-corrected chi connectivity index (χ2v) is 8.17. The lowest BCUT2D eigenvalue weighted by Gasteiger charge is -2.45.